The monoisotopic (exact) mass is 713 g/mol. The number of imidazole rings is 1. The molecule has 0 atom stereocenters. The maximum Gasteiger partial charge on any atom is 0.407 e. The highest BCUT2D eigenvalue weighted by molar-refractivity contribution is 9.10. The Morgan fingerprint density at radius 3 is 2.39 bits per heavy atom. The van der Waals surface area contributed by atoms with Crippen LogP contribution in [-0.2, 0) is 28.9 Å². The van der Waals surface area contributed by atoms with E-state index in [4.69, 9.17) is 9.47 Å². The maximum atomic E-state index is 14.4. The van der Waals surface area contributed by atoms with Gasteiger partial charge in [0.05, 0.1) is 50.4 Å². The van der Waals surface area contributed by atoms with Gasteiger partial charge >= 0.3 is 11.8 Å². The third kappa shape index (κ3) is 5.38. The smallest absolute Gasteiger partial charge is 0.407 e. The normalized spacial score (nSPS) is 17.5. The molecule has 0 spiro atoms. The Morgan fingerprint density at radius 2 is 1.76 bits per heavy atom. The summed E-state index contributed by atoms with van der Waals surface area (Å²) in [6, 6.07) is 7.83. The molecule has 0 unspecified atom stereocenters. The number of pyridine rings is 1. The topological polar surface area (TPSA) is 144 Å². The molecule has 0 bridgehead atoms. The average molecular weight is 715 g/mol. The second-order valence-corrected chi connectivity index (χ2v) is 15.1. The van der Waals surface area contributed by atoms with Crippen LogP contribution in [0.2, 0.25) is 0 Å². The Labute approximate surface area is 274 Å². The molecule has 0 radical (unpaired) electrons. The number of benzene rings is 1. The number of aryl methyl sites for hydroxylation is 2. The molecule has 5 aromatic rings. The SMILES string of the molecule is COc1nn(C)cc1-c1c(Br)c2c(ncc3c2n(C2CCC(NC(=O)OC(C)(C)C)CC2)c(=O)n3C)n1S(=O)(=O)c1ccccc1. The number of carbonyl (C=O) groups is 1. The maximum absolute atomic E-state index is 14.4. The van der Waals surface area contributed by atoms with Crippen LogP contribution < -0.4 is 15.7 Å². The van der Waals surface area contributed by atoms with Gasteiger partial charge in [-0.1, -0.05) is 18.2 Å². The van der Waals surface area contributed by atoms with Gasteiger partial charge in [-0.2, -0.15) is 0 Å². The van der Waals surface area contributed by atoms with E-state index in [0.29, 0.717) is 52.1 Å². The van der Waals surface area contributed by atoms with Crippen LogP contribution in [0, 0.1) is 0 Å². The number of ether oxygens (including phenoxy) is 2. The van der Waals surface area contributed by atoms with Crippen LogP contribution in [0.25, 0.3) is 33.3 Å². The number of nitrogens with one attached hydrogen (secondary N) is 1. The lowest BCUT2D eigenvalue weighted by molar-refractivity contribution is 0.0488. The number of hydrogen-bond donors (Lipinski definition) is 1. The molecule has 0 aliphatic heterocycles. The fourth-order valence-electron chi connectivity index (χ4n) is 6.23. The zero-order valence-electron chi connectivity index (χ0n) is 26.4. The molecular weight excluding hydrogens is 678 g/mol. The van der Waals surface area contributed by atoms with Crippen LogP contribution in [-0.4, -0.2) is 61.1 Å². The minimum atomic E-state index is -4.20. The summed E-state index contributed by atoms with van der Waals surface area (Å²) in [5, 5.41) is 7.81. The Hall–Kier alpha value is -4.11. The molecule has 15 heteroatoms. The molecule has 244 valence electrons. The molecule has 1 aliphatic carbocycles. The second kappa shape index (κ2) is 11.6. The zero-order valence-corrected chi connectivity index (χ0v) is 28.8. The number of alkyl carbamates (subject to hydrolysis) is 1. The van der Waals surface area contributed by atoms with Gasteiger partial charge in [-0.15, -0.1) is 5.10 Å². The van der Waals surface area contributed by atoms with E-state index in [1.54, 1.807) is 53.9 Å². The van der Waals surface area contributed by atoms with Gasteiger partial charge in [-0.3, -0.25) is 13.8 Å². The van der Waals surface area contributed by atoms with E-state index in [1.165, 1.54) is 27.8 Å². The number of carbonyl (C=O) groups excluding carboxylic acids is 1. The molecule has 1 aromatic carbocycles. The molecule has 4 heterocycles. The van der Waals surface area contributed by atoms with Gasteiger partial charge in [0.2, 0.25) is 5.88 Å². The van der Waals surface area contributed by atoms with Crippen molar-refractivity contribution in [1.82, 2.24) is 33.2 Å². The third-order valence-corrected chi connectivity index (χ3v) is 10.7. The van der Waals surface area contributed by atoms with E-state index in [9.17, 15) is 18.0 Å². The Balaban J connectivity index is 1.54. The summed E-state index contributed by atoms with van der Waals surface area (Å²) >= 11 is 3.75. The van der Waals surface area contributed by atoms with E-state index < -0.39 is 21.7 Å². The van der Waals surface area contributed by atoms with Crippen molar-refractivity contribution in [2.45, 2.75) is 69.0 Å². The summed E-state index contributed by atoms with van der Waals surface area (Å²) in [5.41, 5.74) is 1.15. The first-order valence-corrected chi connectivity index (χ1v) is 17.1. The van der Waals surface area contributed by atoms with Gasteiger partial charge in [-0.25, -0.2) is 27.0 Å². The van der Waals surface area contributed by atoms with Crippen LogP contribution in [0.15, 0.2) is 56.9 Å². The van der Waals surface area contributed by atoms with Crippen LogP contribution in [0.3, 0.4) is 0 Å². The average Bonchev–Trinajstić information content (AvgIpc) is 3.61. The summed E-state index contributed by atoms with van der Waals surface area (Å²) in [7, 11) is 0.676. The van der Waals surface area contributed by atoms with Crippen molar-refractivity contribution in [1.29, 1.82) is 0 Å². The fourth-order valence-corrected chi connectivity index (χ4v) is 8.61. The molecule has 6 rings (SSSR count). The van der Waals surface area contributed by atoms with Crippen molar-refractivity contribution < 1.29 is 22.7 Å². The number of nitrogens with zero attached hydrogens (tertiary/aromatic N) is 6. The van der Waals surface area contributed by atoms with Crippen LogP contribution >= 0.6 is 15.9 Å². The van der Waals surface area contributed by atoms with E-state index >= 15 is 0 Å². The van der Waals surface area contributed by atoms with Crippen LogP contribution in [0.4, 0.5) is 4.79 Å². The number of fused-ring (bicyclic) bond motifs is 3. The number of methoxy groups -OCH3 is 1. The van der Waals surface area contributed by atoms with E-state index in [1.807, 2.05) is 20.8 Å². The number of rotatable bonds is 6. The van der Waals surface area contributed by atoms with Gasteiger partial charge < -0.3 is 14.8 Å². The lowest BCUT2D eigenvalue weighted by Gasteiger charge is -2.30. The van der Waals surface area contributed by atoms with Crippen molar-refractivity contribution in [2.75, 3.05) is 7.11 Å². The van der Waals surface area contributed by atoms with Gasteiger partial charge in [0, 0.05) is 32.4 Å². The molecule has 13 nitrogen and oxygen atoms in total. The van der Waals surface area contributed by atoms with Gasteiger partial charge in [0.1, 0.15) is 5.60 Å². The highest BCUT2D eigenvalue weighted by Crippen LogP contribution is 2.45. The molecule has 0 saturated heterocycles. The molecule has 4 aromatic heterocycles. The summed E-state index contributed by atoms with van der Waals surface area (Å²) in [5.74, 6) is 0.230. The standard InChI is InChI=1S/C31H36BrN7O6S/c1-31(2,3)45-29(40)34-18-12-14-19(15-13-18)38-26-22(37(5)30(38)41)16-33-27-23(26)24(32)25(21-17-36(4)35-28(21)44-6)39(27)46(42,43)20-10-8-7-9-11-20/h7-11,16-19H,12-15H2,1-6H3,(H,34,40). The minimum Gasteiger partial charge on any atom is -0.479 e. The first-order chi connectivity index (χ1) is 21.7. The van der Waals surface area contributed by atoms with Crippen LogP contribution in [0.5, 0.6) is 5.88 Å². The van der Waals surface area contributed by atoms with Gasteiger partial charge in [-0.05, 0) is 74.5 Å². The molecule has 1 saturated carbocycles. The Kier molecular flexibility index (Phi) is 8.03. The van der Waals surface area contributed by atoms with Gasteiger partial charge in [0.15, 0.2) is 5.65 Å². The Bertz CT molecular complexity index is 2130. The molecule has 1 aliphatic rings. The fraction of sp³-hybridized carbons (Fsp3) is 0.419. The zero-order chi connectivity index (χ0) is 33.1. The summed E-state index contributed by atoms with van der Waals surface area (Å²) in [6.07, 6.45) is 5.28. The lowest BCUT2D eigenvalue weighted by Crippen LogP contribution is -2.41. The predicted octanol–water partition coefficient (Wildman–Crippen LogP) is 5.11. The lowest BCUT2D eigenvalue weighted by atomic mass is 9.91. The summed E-state index contributed by atoms with van der Waals surface area (Å²) < 4.78 is 46.2. The van der Waals surface area contributed by atoms with Crippen molar-refractivity contribution in [3.63, 3.8) is 0 Å². The molecule has 1 fully saturated rings. The number of amides is 1. The molecule has 1 N–H and O–H groups in total. The molecular formula is C31H36BrN7O6S. The number of halogens is 1. The Morgan fingerprint density at radius 1 is 1.09 bits per heavy atom. The highest BCUT2D eigenvalue weighted by Gasteiger charge is 2.35. The van der Waals surface area contributed by atoms with E-state index in [2.05, 4.69) is 31.3 Å². The number of aromatic nitrogens is 6. The second-order valence-electron chi connectivity index (χ2n) is 12.5. The summed E-state index contributed by atoms with van der Waals surface area (Å²) in [6.45, 7) is 5.45. The van der Waals surface area contributed by atoms with Crippen molar-refractivity contribution >= 4 is 54.1 Å². The minimum absolute atomic E-state index is 0.0756. The molecule has 46 heavy (non-hydrogen) atoms. The number of hydrogen-bond acceptors (Lipinski definition) is 8. The quantitative estimate of drug-likeness (QED) is 0.256. The van der Waals surface area contributed by atoms with Crippen LogP contribution in [0.1, 0.15) is 52.5 Å². The predicted molar refractivity (Wildman–Crippen MR) is 177 cm³/mol. The third-order valence-electron chi connectivity index (χ3n) is 8.24. The first-order valence-electron chi connectivity index (χ1n) is 14.9. The van der Waals surface area contributed by atoms with E-state index in [-0.39, 0.29) is 39.9 Å². The van der Waals surface area contributed by atoms with Gasteiger partial charge in [0.25, 0.3) is 10.0 Å². The molecule has 1 amide bonds. The van der Waals surface area contributed by atoms with Crippen molar-refractivity contribution in [3.05, 3.63) is 57.7 Å². The van der Waals surface area contributed by atoms with E-state index in [0.717, 1.165) is 0 Å². The summed E-state index contributed by atoms with van der Waals surface area (Å²) in [4.78, 5) is 31.0. The highest BCUT2D eigenvalue weighted by atomic mass is 79.9. The first kappa shape index (κ1) is 31.9. The largest absolute Gasteiger partial charge is 0.479 e. The van der Waals surface area contributed by atoms with Crippen molar-refractivity contribution in [3.8, 4) is 17.1 Å². The van der Waals surface area contributed by atoms with Crippen molar-refractivity contribution in [2.24, 2.45) is 14.1 Å².